The van der Waals surface area contributed by atoms with Gasteiger partial charge in [0.15, 0.2) is 0 Å². The number of hydrogen-bond donors (Lipinski definition) is 1. The van der Waals surface area contributed by atoms with Crippen LogP contribution in [0.4, 0.5) is 5.69 Å². The van der Waals surface area contributed by atoms with Gasteiger partial charge in [-0.25, -0.2) is 0 Å². The molecule has 0 fully saturated rings. The van der Waals surface area contributed by atoms with E-state index < -0.39 is 0 Å². The molecule has 1 amide bonds. The smallest absolute Gasteiger partial charge is 0.221 e. The summed E-state index contributed by atoms with van der Waals surface area (Å²) in [6.07, 6.45) is 0. The summed E-state index contributed by atoms with van der Waals surface area (Å²) in [5, 5.41) is 3.41. The van der Waals surface area contributed by atoms with E-state index in [0.29, 0.717) is 5.69 Å². The molecular formula is C14H18N2O2S. The molecule has 5 heteroatoms. The molecule has 2 aromatic heterocycles. The van der Waals surface area contributed by atoms with Gasteiger partial charge in [-0.05, 0) is 33.3 Å². The highest BCUT2D eigenvalue weighted by atomic mass is 32.1. The fourth-order valence-electron chi connectivity index (χ4n) is 2.35. The maximum atomic E-state index is 12.6. The first-order chi connectivity index (χ1) is 8.88. The minimum atomic E-state index is -0.216. The number of pyridine rings is 1. The lowest BCUT2D eigenvalue weighted by molar-refractivity contribution is -0.114. The first kappa shape index (κ1) is 13.8. The summed E-state index contributed by atoms with van der Waals surface area (Å²) >= 11 is 1.64. The molecule has 0 unspecified atom stereocenters. The van der Waals surface area contributed by atoms with Gasteiger partial charge < -0.3 is 9.88 Å². The van der Waals surface area contributed by atoms with Crippen LogP contribution >= 0.6 is 11.3 Å². The van der Waals surface area contributed by atoms with E-state index in [2.05, 4.69) is 9.88 Å². The number of anilines is 1. The highest BCUT2D eigenvalue weighted by molar-refractivity contribution is 7.18. The summed E-state index contributed by atoms with van der Waals surface area (Å²) in [4.78, 5) is 26.0. The van der Waals surface area contributed by atoms with Crippen molar-refractivity contribution in [1.82, 2.24) is 4.57 Å². The fraction of sp³-hybridized carbons (Fsp3) is 0.429. The van der Waals surface area contributed by atoms with Gasteiger partial charge in [0.1, 0.15) is 10.5 Å². The minimum absolute atomic E-state index is 0.0748. The second kappa shape index (κ2) is 4.81. The van der Waals surface area contributed by atoms with Crippen LogP contribution in [0.1, 0.15) is 30.0 Å². The lowest BCUT2D eigenvalue weighted by Crippen LogP contribution is -2.21. The summed E-state index contributed by atoms with van der Waals surface area (Å²) < 4.78 is 2.09. The zero-order valence-electron chi connectivity index (χ0n) is 11.9. The van der Waals surface area contributed by atoms with Crippen LogP contribution in [-0.4, -0.2) is 10.5 Å². The SMILES string of the molecule is CCn1c(C)c(NC(C)=O)c(=O)c2c(C)c(C)sc21. The molecule has 0 atom stereocenters. The van der Waals surface area contributed by atoms with Gasteiger partial charge in [-0.15, -0.1) is 11.3 Å². The van der Waals surface area contributed by atoms with E-state index in [4.69, 9.17) is 0 Å². The lowest BCUT2D eigenvalue weighted by Gasteiger charge is -2.14. The van der Waals surface area contributed by atoms with Crippen LogP contribution in [-0.2, 0) is 11.3 Å². The Hall–Kier alpha value is -1.62. The zero-order chi connectivity index (χ0) is 14.3. The number of aromatic nitrogens is 1. The summed E-state index contributed by atoms with van der Waals surface area (Å²) in [5.74, 6) is -0.216. The van der Waals surface area contributed by atoms with Gasteiger partial charge in [0, 0.05) is 24.0 Å². The van der Waals surface area contributed by atoms with E-state index in [9.17, 15) is 9.59 Å². The number of amides is 1. The second-order valence-electron chi connectivity index (χ2n) is 4.68. The van der Waals surface area contributed by atoms with Gasteiger partial charge in [0.25, 0.3) is 0 Å². The van der Waals surface area contributed by atoms with Crippen molar-refractivity contribution in [2.45, 2.75) is 41.2 Å². The molecule has 0 aromatic carbocycles. The molecule has 0 spiro atoms. The third-order valence-corrected chi connectivity index (χ3v) is 4.68. The normalized spacial score (nSPS) is 11.0. The molecule has 102 valence electrons. The van der Waals surface area contributed by atoms with E-state index in [-0.39, 0.29) is 11.3 Å². The van der Waals surface area contributed by atoms with Crippen molar-refractivity contribution >= 4 is 33.1 Å². The number of fused-ring (bicyclic) bond motifs is 1. The molecule has 0 aliphatic heterocycles. The number of aryl methyl sites for hydroxylation is 3. The molecule has 0 aliphatic carbocycles. The highest BCUT2D eigenvalue weighted by Crippen LogP contribution is 2.30. The zero-order valence-corrected chi connectivity index (χ0v) is 12.7. The molecular weight excluding hydrogens is 260 g/mol. The Morgan fingerprint density at radius 2 is 1.95 bits per heavy atom. The number of carbonyl (C=O) groups is 1. The summed E-state index contributed by atoms with van der Waals surface area (Å²) in [6.45, 7) is 10.1. The predicted molar refractivity (Wildman–Crippen MR) is 80.3 cm³/mol. The molecule has 2 rings (SSSR count). The Morgan fingerprint density at radius 1 is 1.32 bits per heavy atom. The second-order valence-corrected chi connectivity index (χ2v) is 5.88. The molecule has 4 nitrogen and oxygen atoms in total. The first-order valence-electron chi connectivity index (χ1n) is 6.29. The van der Waals surface area contributed by atoms with E-state index in [1.54, 1.807) is 11.3 Å². The summed E-state index contributed by atoms with van der Waals surface area (Å²) in [5.41, 5.74) is 2.16. The molecule has 19 heavy (non-hydrogen) atoms. The maximum Gasteiger partial charge on any atom is 0.221 e. The van der Waals surface area contributed by atoms with Crippen LogP contribution < -0.4 is 10.7 Å². The third-order valence-electron chi connectivity index (χ3n) is 3.45. The topological polar surface area (TPSA) is 51.1 Å². The average Bonchev–Trinajstić information content (AvgIpc) is 2.62. The Labute approximate surface area is 116 Å². The van der Waals surface area contributed by atoms with Gasteiger partial charge in [-0.2, -0.15) is 0 Å². The Balaban J connectivity index is 2.95. The first-order valence-corrected chi connectivity index (χ1v) is 7.10. The van der Waals surface area contributed by atoms with E-state index in [0.717, 1.165) is 32.9 Å². The van der Waals surface area contributed by atoms with Crippen LogP contribution in [0.25, 0.3) is 10.2 Å². The van der Waals surface area contributed by atoms with Gasteiger partial charge >= 0.3 is 0 Å². The van der Waals surface area contributed by atoms with Crippen molar-refractivity contribution in [3.05, 3.63) is 26.4 Å². The van der Waals surface area contributed by atoms with Gasteiger partial charge in [0.05, 0.1) is 5.39 Å². The predicted octanol–water partition coefficient (Wildman–Crippen LogP) is 2.97. The summed E-state index contributed by atoms with van der Waals surface area (Å²) in [7, 11) is 0. The Morgan fingerprint density at radius 3 is 2.47 bits per heavy atom. The third kappa shape index (κ3) is 2.08. The van der Waals surface area contributed by atoms with E-state index >= 15 is 0 Å². The molecule has 0 saturated carbocycles. The largest absolute Gasteiger partial charge is 0.335 e. The molecule has 0 saturated heterocycles. The van der Waals surface area contributed by atoms with Crippen LogP contribution in [0.3, 0.4) is 0 Å². The van der Waals surface area contributed by atoms with Crippen LogP contribution in [0, 0.1) is 20.8 Å². The molecule has 0 aliphatic rings. The number of rotatable bonds is 2. The quantitative estimate of drug-likeness (QED) is 0.918. The average molecular weight is 278 g/mol. The van der Waals surface area contributed by atoms with Crippen LogP contribution in [0.5, 0.6) is 0 Å². The number of carbonyl (C=O) groups excluding carboxylic acids is 1. The van der Waals surface area contributed by atoms with E-state index in [1.807, 2.05) is 27.7 Å². The van der Waals surface area contributed by atoms with Crippen molar-refractivity contribution in [3.8, 4) is 0 Å². The van der Waals surface area contributed by atoms with Crippen molar-refractivity contribution in [3.63, 3.8) is 0 Å². The van der Waals surface area contributed by atoms with Crippen LogP contribution in [0.15, 0.2) is 4.79 Å². The van der Waals surface area contributed by atoms with Gasteiger partial charge in [0.2, 0.25) is 11.3 Å². The number of thiophene rings is 1. The fourth-order valence-corrected chi connectivity index (χ4v) is 3.62. The van der Waals surface area contributed by atoms with Crippen molar-refractivity contribution in [2.75, 3.05) is 5.32 Å². The lowest BCUT2D eigenvalue weighted by atomic mass is 10.1. The van der Waals surface area contributed by atoms with Crippen LogP contribution in [0.2, 0.25) is 0 Å². The minimum Gasteiger partial charge on any atom is -0.335 e. The maximum absolute atomic E-state index is 12.6. The highest BCUT2D eigenvalue weighted by Gasteiger charge is 2.18. The number of hydrogen-bond acceptors (Lipinski definition) is 3. The van der Waals surface area contributed by atoms with Gasteiger partial charge in [-0.1, -0.05) is 0 Å². The Bertz CT molecular complexity index is 725. The van der Waals surface area contributed by atoms with Crippen molar-refractivity contribution < 1.29 is 4.79 Å². The number of nitrogens with zero attached hydrogens (tertiary/aromatic N) is 1. The molecule has 1 N–H and O–H groups in total. The van der Waals surface area contributed by atoms with Crippen molar-refractivity contribution in [2.24, 2.45) is 0 Å². The van der Waals surface area contributed by atoms with E-state index in [1.165, 1.54) is 6.92 Å². The summed E-state index contributed by atoms with van der Waals surface area (Å²) in [6, 6.07) is 0. The molecule has 0 radical (unpaired) electrons. The number of nitrogens with one attached hydrogen (secondary N) is 1. The van der Waals surface area contributed by atoms with Crippen molar-refractivity contribution in [1.29, 1.82) is 0 Å². The Kier molecular flexibility index (Phi) is 3.49. The standard InChI is InChI=1S/C14H18N2O2S/c1-6-16-8(3)12(15-10(5)17)13(18)11-7(2)9(4)19-14(11)16/h6H2,1-5H3,(H,15,17). The monoisotopic (exact) mass is 278 g/mol. The molecule has 0 bridgehead atoms. The molecule has 2 heterocycles. The van der Waals surface area contributed by atoms with Gasteiger partial charge in [-0.3, -0.25) is 9.59 Å². The molecule has 2 aromatic rings.